The highest BCUT2D eigenvalue weighted by Crippen LogP contribution is 2.49. The minimum atomic E-state index is 0.0856. The molecule has 1 heterocycles. The van der Waals surface area contributed by atoms with E-state index in [9.17, 15) is 4.79 Å². The molecule has 0 radical (unpaired) electrons. The normalized spacial score (nSPS) is 17.4. The zero-order chi connectivity index (χ0) is 13.5. The van der Waals surface area contributed by atoms with Crippen molar-refractivity contribution in [1.29, 1.82) is 0 Å². The highest BCUT2D eigenvalue weighted by atomic mass is 16.2. The summed E-state index contributed by atoms with van der Waals surface area (Å²) in [7, 11) is 0. The van der Waals surface area contributed by atoms with Gasteiger partial charge < -0.3 is 4.90 Å². The molecule has 0 spiro atoms. The molecule has 0 saturated heterocycles. The number of benzene rings is 1. The van der Waals surface area contributed by atoms with E-state index < -0.39 is 0 Å². The summed E-state index contributed by atoms with van der Waals surface area (Å²) >= 11 is 0. The molecule has 2 nitrogen and oxygen atoms in total. The van der Waals surface area contributed by atoms with Crippen LogP contribution in [0.5, 0.6) is 0 Å². The third-order valence-corrected chi connectivity index (χ3v) is 4.56. The number of carbonyl (C=O) groups is 1. The van der Waals surface area contributed by atoms with E-state index in [4.69, 9.17) is 0 Å². The molecule has 2 heteroatoms. The van der Waals surface area contributed by atoms with E-state index in [0.717, 1.165) is 12.2 Å². The first-order chi connectivity index (χ1) is 8.41. The van der Waals surface area contributed by atoms with Crippen molar-refractivity contribution >= 4 is 11.6 Å². The maximum absolute atomic E-state index is 11.9. The summed E-state index contributed by atoms with van der Waals surface area (Å²) in [6.07, 6.45) is 0. The van der Waals surface area contributed by atoms with Crippen molar-refractivity contribution in [2.75, 3.05) is 11.4 Å². The molecule has 0 unspecified atom stereocenters. The Morgan fingerprint density at radius 1 is 1.17 bits per heavy atom. The minimum Gasteiger partial charge on any atom is -0.311 e. The lowest BCUT2D eigenvalue weighted by atomic mass is 9.66. The van der Waals surface area contributed by atoms with Crippen molar-refractivity contribution in [3.63, 3.8) is 0 Å². The van der Waals surface area contributed by atoms with Crippen LogP contribution in [0.25, 0.3) is 0 Å². The van der Waals surface area contributed by atoms with E-state index in [1.807, 2.05) is 11.0 Å². The van der Waals surface area contributed by atoms with Crippen LogP contribution in [0.15, 0.2) is 24.3 Å². The molecule has 0 fully saturated rings. The lowest BCUT2D eigenvalue weighted by molar-refractivity contribution is -0.116. The Balaban J connectivity index is 2.63. The van der Waals surface area contributed by atoms with E-state index in [-0.39, 0.29) is 11.3 Å². The summed E-state index contributed by atoms with van der Waals surface area (Å²) < 4.78 is 0. The molecule has 1 aliphatic heterocycles. The molecule has 98 valence electrons. The maximum Gasteiger partial charge on any atom is 0.223 e. The Bertz CT molecular complexity index is 454. The van der Waals surface area contributed by atoms with Gasteiger partial charge in [0.05, 0.1) is 0 Å². The van der Waals surface area contributed by atoms with E-state index in [0.29, 0.717) is 11.8 Å². The topological polar surface area (TPSA) is 20.3 Å². The number of hydrogen-bond donors (Lipinski definition) is 0. The molecule has 0 saturated carbocycles. The van der Waals surface area contributed by atoms with Gasteiger partial charge >= 0.3 is 0 Å². The molecule has 0 aromatic heterocycles. The molecule has 2 rings (SSSR count). The molecule has 0 atom stereocenters. The lowest BCUT2D eigenvalue weighted by Crippen LogP contribution is -2.43. The van der Waals surface area contributed by atoms with Gasteiger partial charge in [0.1, 0.15) is 0 Å². The van der Waals surface area contributed by atoms with E-state index in [2.05, 4.69) is 45.9 Å². The first kappa shape index (κ1) is 13.1. The van der Waals surface area contributed by atoms with Crippen LogP contribution in [0.3, 0.4) is 0 Å². The lowest BCUT2D eigenvalue weighted by Gasteiger charge is -2.38. The van der Waals surface area contributed by atoms with Gasteiger partial charge in [-0.2, -0.15) is 0 Å². The van der Waals surface area contributed by atoms with Crippen LogP contribution in [0.4, 0.5) is 5.69 Å². The summed E-state index contributed by atoms with van der Waals surface area (Å²) in [5.74, 6) is 1.18. The molecular weight excluding hydrogens is 222 g/mol. The molecule has 1 aromatic rings. The molecule has 1 aliphatic rings. The first-order valence-corrected chi connectivity index (χ1v) is 6.79. The Kier molecular flexibility index (Phi) is 3.22. The average Bonchev–Trinajstić information content (AvgIpc) is 2.65. The van der Waals surface area contributed by atoms with Crippen LogP contribution in [0.1, 0.15) is 40.2 Å². The second kappa shape index (κ2) is 4.42. The Morgan fingerprint density at radius 3 is 2.22 bits per heavy atom. The standard InChI is InChI=1S/C16H23NO/c1-11(2)16(12(3)4)10-17(13(5)18)15-9-7-6-8-14(15)16/h6-9,11-12H,10H2,1-5H3. The van der Waals surface area contributed by atoms with Gasteiger partial charge in [0.25, 0.3) is 0 Å². The number of hydrogen-bond acceptors (Lipinski definition) is 1. The van der Waals surface area contributed by atoms with E-state index >= 15 is 0 Å². The summed E-state index contributed by atoms with van der Waals surface area (Å²) in [6, 6.07) is 8.37. The summed E-state index contributed by atoms with van der Waals surface area (Å²) in [6.45, 7) is 11.5. The van der Waals surface area contributed by atoms with Crippen molar-refractivity contribution in [3.05, 3.63) is 29.8 Å². The average molecular weight is 245 g/mol. The van der Waals surface area contributed by atoms with Crippen LogP contribution in [-0.4, -0.2) is 12.5 Å². The number of fused-ring (bicyclic) bond motifs is 1. The molecule has 0 bridgehead atoms. The molecule has 18 heavy (non-hydrogen) atoms. The summed E-state index contributed by atoms with van der Waals surface area (Å²) in [5.41, 5.74) is 2.53. The maximum atomic E-state index is 11.9. The SMILES string of the molecule is CC(=O)N1CC(C(C)C)(C(C)C)c2ccccc21. The molecule has 1 aromatic carbocycles. The Morgan fingerprint density at radius 2 is 1.72 bits per heavy atom. The van der Waals surface area contributed by atoms with Crippen LogP contribution < -0.4 is 4.90 Å². The first-order valence-electron chi connectivity index (χ1n) is 6.79. The number of rotatable bonds is 2. The quantitative estimate of drug-likeness (QED) is 0.779. The number of carbonyl (C=O) groups excluding carboxylic acids is 1. The van der Waals surface area contributed by atoms with Crippen molar-refractivity contribution in [3.8, 4) is 0 Å². The number of anilines is 1. The Labute approximate surface area is 110 Å². The highest BCUT2D eigenvalue weighted by Gasteiger charge is 2.47. The van der Waals surface area contributed by atoms with Crippen molar-refractivity contribution in [1.82, 2.24) is 0 Å². The van der Waals surface area contributed by atoms with Crippen molar-refractivity contribution < 1.29 is 4.79 Å². The fraction of sp³-hybridized carbons (Fsp3) is 0.562. The zero-order valence-corrected chi connectivity index (χ0v) is 12.0. The van der Waals surface area contributed by atoms with Gasteiger partial charge in [-0.25, -0.2) is 0 Å². The van der Waals surface area contributed by atoms with Gasteiger partial charge in [0.15, 0.2) is 0 Å². The van der Waals surface area contributed by atoms with Crippen LogP contribution >= 0.6 is 0 Å². The fourth-order valence-electron chi connectivity index (χ4n) is 3.47. The minimum absolute atomic E-state index is 0.0856. The number of nitrogens with zero attached hydrogens (tertiary/aromatic N) is 1. The largest absolute Gasteiger partial charge is 0.311 e. The third kappa shape index (κ3) is 1.66. The second-order valence-corrected chi connectivity index (χ2v) is 5.97. The molecular formula is C16H23NO. The van der Waals surface area contributed by atoms with E-state index in [1.165, 1.54) is 5.56 Å². The summed E-state index contributed by atoms with van der Waals surface area (Å²) in [4.78, 5) is 13.8. The fourth-order valence-corrected chi connectivity index (χ4v) is 3.47. The van der Waals surface area contributed by atoms with Gasteiger partial charge in [0, 0.05) is 24.6 Å². The Hall–Kier alpha value is -1.31. The smallest absolute Gasteiger partial charge is 0.223 e. The van der Waals surface area contributed by atoms with Gasteiger partial charge in [-0.3, -0.25) is 4.79 Å². The van der Waals surface area contributed by atoms with E-state index in [1.54, 1.807) is 6.92 Å². The van der Waals surface area contributed by atoms with Crippen LogP contribution in [0, 0.1) is 11.8 Å². The number of para-hydroxylation sites is 1. The monoisotopic (exact) mass is 245 g/mol. The van der Waals surface area contributed by atoms with Crippen LogP contribution in [0.2, 0.25) is 0 Å². The van der Waals surface area contributed by atoms with Crippen molar-refractivity contribution in [2.45, 2.75) is 40.0 Å². The van der Waals surface area contributed by atoms with Gasteiger partial charge in [-0.05, 0) is 23.5 Å². The molecule has 1 amide bonds. The van der Waals surface area contributed by atoms with Crippen LogP contribution in [-0.2, 0) is 10.2 Å². The molecule has 0 aliphatic carbocycles. The van der Waals surface area contributed by atoms with Gasteiger partial charge in [-0.15, -0.1) is 0 Å². The van der Waals surface area contributed by atoms with Gasteiger partial charge in [-0.1, -0.05) is 45.9 Å². The predicted molar refractivity (Wildman–Crippen MR) is 75.8 cm³/mol. The summed E-state index contributed by atoms with van der Waals surface area (Å²) in [5, 5.41) is 0. The second-order valence-electron chi connectivity index (χ2n) is 5.97. The van der Waals surface area contributed by atoms with Gasteiger partial charge in [0.2, 0.25) is 5.91 Å². The predicted octanol–water partition coefficient (Wildman–Crippen LogP) is 3.60. The third-order valence-electron chi connectivity index (χ3n) is 4.56. The highest BCUT2D eigenvalue weighted by molar-refractivity contribution is 5.94. The zero-order valence-electron chi connectivity index (χ0n) is 12.0. The number of amides is 1. The molecule has 0 N–H and O–H groups in total. The van der Waals surface area contributed by atoms with Crippen molar-refractivity contribution in [2.24, 2.45) is 11.8 Å².